The molecule has 0 heterocycles. The van der Waals surface area contributed by atoms with Gasteiger partial charge in [-0.2, -0.15) is 0 Å². The molecule has 2 aromatic rings. The van der Waals surface area contributed by atoms with Crippen molar-refractivity contribution >= 4 is 0 Å². The van der Waals surface area contributed by atoms with Gasteiger partial charge in [0.25, 0.3) is 0 Å². The molecule has 0 saturated heterocycles. The van der Waals surface area contributed by atoms with Crippen molar-refractivity contribution in [2.75, 3.05) is 14.2 Å². The highest BCUT2D eigenvalue weighted by Gasteiger charge is 2.17. The van der Waals surface area contributed by atoms with E-state index in [1.807, 2.05) is 25.1 Å². The first-order valence-electron chi connectivity index (χ1n) is 6.81. The Morgan fingerprint density at radius 1 is 1.14 bits per heavy atom. The van der Waals surface area contributed by atoms with Gasteiger partial charge in [-0.1, -0.05) is 12.1 Å². The fraction of sp³-hybridized carbons (Fsp3) is 0.294. The van der Waals surface area contributed by atoms with Gasteiger partial charge in [0.15, 0.2) is 0 Å². The van der Waals surface area contributed by atoms with Crippen LogP contribution in [-0.4, -0.2) is 14.2 Å². The molecule has 0 aliphatic rings. The van der Waals surface area contributed by atoms with Crippen molar-refractivity contribution in [1.82, 2.24) is 5.32 Å². The highest BCUT2D eigenvalue weighted by atomic mass is 19.1. The standard InChI is InChI=1S/C17H19F2NO/c1-11-9-12(21-3)7-8-13(11)17(20-2)10-14-15(18)5-4-6-16(14)19/h4-9,17,20H,10H2,1-3H3. The molecule has 0 aliphatic carbocycles. The van der Waals surface area contributed by atoms with Gasteiger partial charge in [-0.3, -0.25) is 0 Å². The summed E-state index contributed by atoms with van der Waals surface area (Å²) in [5.41, 5.74) is 2.12. The Balaban J connectivity index is 2.32. The predicted molar refractivity (Wildman–Crippen MR) is 79.6 cm³/mol. The highest BCUT2D eigenvalue weighted by Crippen LogP contribution is 2.26. The quantitative estimate of drug-likeness (QED) is 0.905. The molecular weight excluding hydrogens is 272 g/mol. The molecule has 1 N–H and O–H groups in total. The van der Waals surface area contributed by atoms with Gasteiger partial charge in [0.1, 0.15) is 17.4 Å². The van der Waals surface area contributed by atoms with Crippen LogP contribution in [0.15, 0.2) is 36.4 Å². The molecule has 0 saturated carbocycles. The van der Waals surface area contributed by atoms with Crippen molar-refractivity contribution in [1.29, 1.82) is 0 Å². The molecule has 1 atom stereocenters. The maximum Gasteiger partial charge on any atom is 0.129 e. The Labute approximate surface area is 123 Å². The summed E-state index contributed by atoms with van der Waals surface area (Å²) in [7, 11) is 3.39. The number of likely N-dealkylation sites (N-methyl/N-ethyl adjacent to an activating group) is 1. The third kappa shape index (κ3) is 3.39. The lowest BCUT2D eigenvalue weighted by molar-refractivity contribution is 0.414. The fourth-order valence-electron chi connectivity index (χ4n) is 2.47. The lowest BCUT2D eigenvalue weighted by atomic mass is 9.95. The third-order valence-corrected chi connectivity index (χ3v) is 3.67. The maximum absolute atomic E-state index is 13.8. The molecule has 0 fully saturated rings. The minimum atomic E-state index is -0.513. The first-order chi connectivity index (χ1) is 10.1. The van der Waals surface area contributed by atoms with Gasteiger partial charge in [0.2, 0.25) is 0 Å². The van der Waals surface area contributed by atoms with E-state index in [1.165, 1.54) is 18.2 Å². The van der Waals surface area contributed by atoms with Gasteiger partial charge in [0.05, 0.1) is 7.11 Å². The number of aryl methyl sites for hydroxylation is 1. The minimum absolute atomic E-state index is 0.104. The van der Waals surface area contributed by atoms with E-state index >= 15 is 0 Å². The van der Waals surface area contributed by atoms with Gasteiger partial charge in [-0.05, 0) is 55.8 Å². The van der Waals surface area contributed by atoms with E-state index in [0.29, 0.717) is 0 Å². The number of nitrogens with one attached hydrogen (secondary N) is 1. The van der Waals surface area contributed by atoms with Crippen molar-refractivity contribution in [3.05, 3.63) is 64.7 Å². The zero-order chi connectivity index (χ0) is 15.4. The number of halogens is 2. The average molecular weight is 291 g/mol. The monoisotopic (exact) mass is 291 g/mol. The Hall–Kier alpha value is -1.94. The summed E-state index contributed by atoms with van der Waals surface area (Å²) < 4.78 is 32.8. The van der Waals surface area contributed by atoms with Crippen molar-refractivity contribution < 1.29 is 13.5 Å². The lowest BCUT2D eigenvalue weighted by Gasteiger charge is -2.20. The predicted octanol–water partition coefficient (Wildman–Crippen LogP) is 3.79. The number of benzene rings is 2. The minimum Gasteiger partial charge on any atom is -0.497 e. The Bertz CT molecular complexity index is 608. The Morgan fingerprint density at radius 3 is 2.33 bits per heavy atom. The number of ether oxygens (including phenoxy) is 1. The summed E-state index contributed by atoms with van der Waals surface area (Å²) in [5.74, 6) is -0.258. The number of hydrogen-bond donors (Lipinski definition) is 1. The van der Waals surface area contributed by atoms with Crippen LogP contribution in [0, 0.1) is 18.6 Å². The summed E-state index contributed by atoms with van der Waals surface area (Å²) in [5, 5.41) is 3.13. The second kappa shape index (κ2) is 6.68. The van der Waals surface area contributed by atoms with Crippen LogP contribution in [0.25, 0.3) is 0 Å². The first-order valence-corrected chi connectivity index (χ1v) is 6.81. The lowest BCUT2D eigenvalue weighted by Crippen LogP contribution is -2.21. The summed E-state index contributed by atoms with van der Waals surface area (Å²) in [6.07, 6.45) is 0.252. The van der Waals surface area contributed by atoms with Crippen LogP contribution >= 0.6 is 0 Å². The molecular formula is C17H19F2NO. The smallest absolute Gasteiger partial charge is 0.129 e. The van der Waals surface area contributed by atoms with Gasteiger partial charge in [-0.15, -0.1) is 0 Å². The fourth-order valence-corrected chi connectivity index (χ4v) is 2.47. The SMILES string of the molecule is CNC(Cc1c(F)cccc1F)c1ccc(OC)cc1C. The van der Waals surface area contributed by atoms with E-state index in [4.69, 9.17) is 4.74 Å². The van der Waals surface area contributed by atoms with Gasteiger partial charge in [-0.25, -0.2) is 8.78 Å². The molecule has 0 amide bonds. The van der Waals surface area contributed by atoms with Crippen LogP contribution in [0.1, 0.15) is 22.7 Å². The maximum atomic E-state index is 13.8. The van der Waals surface area contributed by atoms with Crippen molar-refractivity contribution in [3.63, 3.8) is 0 Å². The molecule has 0 bridgehead atoms. The van der Waals surface area contributed by atoms with Crippen LogP contribution in [0.5, 0.6) is 5.75 Å². The topological polar surface area (TPSA) is 21.3 Å². The Morgan fingerprint density at radius 2 is 1.81 bits per heavy atom. The molecule has 1 unspecified atom stereocenters. The number of methoxy groups -OCH3 is 1. The van der Waals surface area contributed by atoms with Crippen LogP contribution in [0.3, 0.4) is 0 Å². The van der Waals surface area contributed by atoms with Gasteiger partial charge in [0, 0.05) is 11.6 Å². The Kier molecular flexibility index (Phi) is 4.91. The van der Waals surface area contributed by atoms with Crippen molar-refractivity contribution in [3.8, 4) is 5.75 Å². The molecule has 0 spiro atoms. The van der Waals surface area contributed by atoms with E-state index in [0.717, 1.165) is 16.9 Å². The second-order valence-electron chi connectivity index (χ2n) is 4.97. The molecule has 0 radical (unpaired) electrons. The van der Waals surface area contributed by atoms with Crippen molar-refractivity contribution in [2.24, 2.45) is 0 Å². The van der Waals surface area contributed by atoms with Gasteiger partial charge < -0.3 is 10.1 Å². The molecule has 2 nitrogen and oxygen atoms in total. The zero-order valence-corrected chi connectivity index (χ0v) is 12.4. The second-order valence-corrected chi connectivity index (χ2v) is 4.97. The normalized spacial score (nSPS) is 12.2. The average Bonchev–Trinajstić information content (AvgIpc) is 2.47. The van der Waals surface area contributed by atoms with Gasteiger partial charge >= 0.3 is 0 Å². The van der Waals surface area contributed by atoms with E-state index in [-0.39, 0.29) is 18.0 Å². The zero-order valence-electron chi connectivity index (χ0n) is 12.4. The van der Waals surface area contributed by atoms with E-state index in [9.17, 15) is 8.78 Å². The summed E-state index contributed by atoms with van der Waals surface area (Å²) >= 11 is 0. The van der Waals surface area contributed by atoms with Crippen LogP contribution in [0.4, 0.5) is 8.78 Å². The molecule has 112 valence electrons. The molecule has 2 aromatic carbocycles. The van der Waals surface area contributed by atoms with Crippen LogP contribution in [-0.2, 0) is 6.42 Å². The molecule has 0 aliphatic heterocycles. The molecule has 2 rings (SSSR count). The van der Waals surface area contributed by atoms with Crippen molar-refractivity contribution in [2.45, 2.75) is 19.4 Å². The van der Waals surface area contributed by atoms with Crippen LogP contribution < -0.4 is 10.1 Å². The molecule has 4 heteroatoms. The van der Waals surface area contributed by atoms with Crippen LogP contribution in [0.2, 0.25) is 0 Å². The van der Waals surface area contributed by atoms with E-state index in [2.05, 4.69) is 5.32 Å². The summed E-state index contributed by atoms with van der Waals surface area (Å²) in [4.78, 5) is 0. The number of hydrogen-bond acceptors (Lipinski definition) is 2. The highest BCUT2D eigenvalue weighted by molar-refractivity contribution is 5.37. The molecule has 0 aromatic heterocycles. The number of rotatable bonds is 5. The first kappa shape index (κ1) is 15.4. The summed E-state index contributed by atoms with van der Waals surface area (Å²) in [6, 6.07) is 9.47. The summed E-state index contributed by atoms with van der Waals surface area (Å²) in [6.45, 7) is 1.96. The largest absolute Gasteiger partial charge is 0.497 e. The van der Waals surface area contributed by atoms with E-state index in [1.54, 1.807) is 14.2 Å². The molecule has 21 heavy (non-hydrogen) atoms. The van der Waals surface area contributed by atoms with E-state index < -0.39 is 11.6 Å². The third-order valence-electron chi connectivity index (χ3n) is 3.67.